The minimum atomic E-state index is -1.41. The molecule has 0 saturated carbocycles. The fraction of sp³-hybridized carbons (Fsp3) is 0.378. The Hall–Kier alpha value is -6.27. The Balaban J connectivity index is 1.93. The largest absolute Gasteiger partial charge is 0.480 e. The number of hydrogen-bond acceptors (Lipinski definition) is 9. The average Bonchev–Trinajstić information content (AvgIpc) is 3.15. The predicted molar refractivity (Wildman–Crippen MR) is 210 cm³/mol. The van der Waals surface area contributed by atoms with Crippen molar-refractivity contribution in [2.75, 3.05) is 19.6 Å². The van der Waals surface area contributed by atoms with Gasteiger partial charge in [0.15, 0.2) is 11.9 Å². The van der Waals surface area contributed by atoms with Gasteiger partial charge in [-0.25, -0.2) is 4.79 Å². The van der Waals surface area contributed by atoms with E-state index in [0.29, 0.717) is 17.5 Å². The van der Waals surface area contributed by atoms with Crippen molar-refractivity contribution in [1.29, 1.82) is 0 Å². The number of carboxylic acids is 1. The number of rotatable bonds is 22. The Morgan fingerprint density at radius 3 is 1.64 bits per heavy atom. The van der Waals surface area contributed by atoms with Crippen LogP contribution in [-0.2, 0) is 36.8 Å². The highest BCUT2D eigenvalue weighted by molar-refractivity contribution is 5.96. The normalized spacial score (nSPS) is 13.6. The van der Waals surface area contributed by atoms with Gasteiger partial charge in [-0.3, -0.25) is 29.2 Å². The van der Waals surface area contributed by atoms with Crippen molar-refractivity contribution in [3.63, 3.8) is 0 Å². The van der Waals surface area contributed by atoms with E-state index in [1.54, 1.807) is 30.3 Å². The second kappa shape index (κ2) is 22.1. The second-order valence-electron chi connectivity index (χ2n) is 12.9. The maximum atomic E-state index is 14.2. The molecule has 5 atom stereocenters. The summed E-state index contributed by atoms with van der Waals surface area (Å²) in [5.74, 6) is -4.42. The molecular formula is C37H52N12O6. The molecule has 0 fully saturated rings. The standard InChI is InChI=1S/C37H52N12O6/c38-21-30(35(54)55)49-34(53)28(19-22-8-2-1-3-9-22)48-33(52)29(20-23-14-15-24-10-4-5-11-25(24)18-23)47-32(51)27(13-7-17-45-37(42)43)46-31(50)26(39)12-6-16-44-36(40)41/h1-5,8-11,14-15,18,26-30H,6-7,12-13,16-17,19-21,38-39H2,(H,46,50)(H,47,51)(H,48,52)(H,49,53)(H,54,55)(H4,40,41,44)(H4,42,43,45)/t26-,27-,28-,29-,30-/m0/s1. The summed E-state index contributed by atoms with van der Waals surface area (Å²) in [6, 6.07) is 15.9. The Bertz CT molecular complexity index is 1810. The van der Waals surface area contributed by atoms with Crippen LogP contribution >= 0.6 is 0 Å². The van der Waals surface area contributed by atoms with Crippen LogP contribution in [0.25, 0.3) is 10.8 Å². The van der Waals surface area contributed by atoms with Crippen LogP contribution in [0.3, 0.4) is 0 Å². The number of carbonyl (C=O) groups is 5. The summed E-state index contributed by atoms with van der Waals surface area (Å²) in [5, 5.41) is 21.9. The number of hydrogen-bond donors (Lipinski definition) is 11. The molecule has 3 rings (SSSR count). The third-order valence-electron chi connectivity index (χ3n) is 8.54. The minimum absolute atomic E-state index is 0.00346. The van der Waals surface area contributed by atoms with Crippen molar-refractivity contribution in [2.24, 2.45) is 44.4 Å². The van der Waals surface area contributed by atoms with E-state index in [9.17, 15) is 29.1 Å². The number of fused-ring (bicyclic) bond motifs is 1. The molecule has 296 valence electrons. The van der Waals surface area contributed by atoms with Crippen LogP contribution in [0, 0.1) is 0 Å². The minimum Gasteiger partial charge on any atom is -0.480 e. The molecule has 0 aliphatic heterocycles. The van der Waals surface area contributed by atoms with E-state index in [4.69, 9.17) is 34.4 Å². The summed E-state index contributed by atoms with van der Waals surface area (Å²) in [6.45, 7) is 0.0255. The van der Waals surface area contributed by atoms with Crippen molar-refractivity contribution in [2.45, 2.75) is 68.7 Å². The molecule has 0 aliphatic carbocycles. The van der Waals surface area contributed by atoms with E-state index in [1.807, 2.05) is 42.5 Å². The van der Waals surface area contributed by atoms with Crippen molar-refractivity contribution in [1.82, 2.24) is 21.3 Å². The SMILES string of the molecule is NC[C@H](NC(=O)[C@H](Cc1ccccc1)NC(=O)[C@H](Cc1ccc2ccccc2c1)NC(=O)[C@H](CCCN=C(N)N)NC(=O)[C@@H](N)CCCN=C(N)N)C(=O)O. The lowest BCUT2D eigenvalue weighted by Crippen LogP contribution is -2.59. The van der Waals surface area contributed by atoms with Gasteiger partial charge in [0.25, 0.3) is 0 Å². The van der Waals surface area contributed by atoms with Crippen molar-refractivity contribution < 1.29 is 29.1 Å². The van der Waals surface area contributed by atoms with E-state index >= 15 is 0 Å². The predicted octanol–water partition coefficient (Wildman–Crippen LogP) is -1.96. The van der Waals surface area contributed by atoms with Crippen LogP contribution in [0.5, 0.6) is 0 Å². The number of benzene rings is 3. The van der Waals surface area contributed by atoms with Crippen LogP contribution in [0.2, 0.25) is 0 Å². The number of carboxylic acid groups (broad SMARTS) is 1. The smallest absolute Gasteiger partial charge is 0.327 e. The fourth-order valence-corrected chi connectivity index (χ4v) is 5.61. The maximum absolute atomic E-state index is 14.2. The van der Waals surface area contributed by atoms with Gasteiger partial charge in [0, 0.05) is 32.5 Å². The van der Waals surface area contributed by atoms with Gasteiger partial charge < -0.3 is 60.8 Å². The fourth-order valence-electron chi connectivity index (χ4n) is 5.61. The topological polar surface area (TPSA) is 335 Å². The summed E-state index contributed by atoms with van der Waals surface area (Å²) in [7, 11) is 0. The highest BCUT2D eigenvalue weighted by Crippen LogP contribution is 2.17. The Kier molecular flexibility index (Phi) is 17.3. The van der Waals surface area contributed by atoms with E-state index in [2.05, 4.69) is 31.3 Å². The Morgan fingerprint density at radius 1 is 0.582 bits per heavy atom. The lowest BCUT2D eigenvalue weighted by Gasteiger charge is -2.27. The second-order valence-corrected chi connectivity index (χ2v) is 12.9. The molecule has 18 nitrogen and oxygen atoms in total. The van der Waals surface area contributed by atoms with Gasteiger partial charge in [0.05, 0.1) is 6.04 Å². The van der Waals surface area contributed by atoms with Gasteiger partial charge in [0.2, 0.25) is 23.6 Å². The lowest BCUT2D eigenvalue weighted by molar-refractivity contribution is -0.142. The van der Waals surface area contributed by atoms with Gasteiger partial charge in [-0.05, 0) is 47.6 Å². The molecule has 3 aromatic carbocycles. The summed E-state index contributed by atoms with van der Waals surface area (Å²) in [5.41, 5.74) is 34.7. The zero-order chi connectivity index (χ0) is 40.3. The molecule has 55 heavy (non-hydrogen) atoms. The van der Waals surface area contributed by atoms with Gasteiger partial charge in [-0.2, -0.15) is 0 Å². The van der Waals surface area contributed by atoms with Gasteiger partial charge in [0.1, 0.15) is 24.2 Å². The van der Waals surface area contributed by atoms with E-state index in [0.717, 1.165) is 10.8 Å². The number of nitrogens with zero attached hydrogens (tertiary/aromatic N) is 2. The first-order valence-corrected chi connectivity index (χ1v) is 17.8. The molecule has 3 aromatic rings. The number of nitrogens with one attached hydrogen (secondary N) is 4. The number of guanidine groups is 2. The molecule has 0 aromatic heterocycles. The number of nitrogens with two attached hydrogens (primary N) is 6. The number of aliphatic imine (C=N–C) groups is 2. The highest BCUT2D eigenvalue weighted by atomic mass is 16.4. The molecule has 0 spiro atoms. The molecule has 18 heteroatoms. The number of amides is 4. The van der Waals surface area contributed by atoms with Crippen molar-refractivity contribution in [3.8, 4) is 0 Å². The molecule has 4 amide bonds. The first-order chi connectivity index (χ1) is 26.3. The third kappa shape index (κ3) is 14.9. The Morgan fingerprint density at radius 2 is 1.07 bits per heavy atom. The average molecular weight is 761 g/mol. The van der Waals surface area contributed by atoms with Crippen LogP contribution < -0.4 is 55.7 Å². The highest BCUT2D eigenvalue weighted by Gasteiger charge is 2.32. The third-order valence-corrected chi connectivity index (χ3v) is 8.54. The van der Waals surface area contributed by atoms with Crippen molar-refractivity contribution >= 4 is 52.3 Å². The molecule has 0 bridgehead atoms. The van der Waals surface area contributed by atoms with Gasteiger partial charge in [-0.1, -0.05) is 72.8 Å². The van der Waals surface area contributed by atoms with Crippen LogP contribution in [0.1, 0.15) is 36.8 Å². The molecule has 0 saturated heterocycles. The lowest BCUT2D eigenvalue weighted by atomic mass is 9.99. The first-order valence-electron chi connectivity index (χ1n) is 17.8. The quantitative estimate of drug-likeness (QED) is 0.0302. The summed E-state index contributed by atoms with van der Waals surface area (Å²) in [6.07, 6.45) is 0.961. The van der Waals surface area contributed by atoms with Crippen LogP contribution in [0.15, 0.2) is 82.8 Å². The molecular weight excluding hydrogens is 708 g/mol. The van der Waals surface area contributed by atoms with E-state index < -0.39 is 59.8 Å². The monoisotopic (exact) mass is 760 g/mol. The van der Waals surface area contributed by atoms with Gasteiger partial charge in [-0.15, -0.1) is 0 Å². The summed E-state index contributed by atoms with van der Waals surface area (Å²) < 4.78 is 0. The Labute approximate surface area is 318 Å². The molecule has 0 heterocycles. The van der Waals surface area contributed by atoms with E-state index in [-0.39, 0.29) is 63.7 Å². The van der Waals surface area contributed by atoms with Crippen LogP contribution in [0.4, 0.5) is 0 Å². The van der Waals surface area contributed by atoms with E-state index in [1.165, 1.54) is 0 Å². The summed E-state index contributed by atoms with van der Waals surface area (Å²) in [4.78, 5) is 74.4. The van der Waals surface area contributed by atoms with Crippen molar-refractivity contribution in [3.05, 3.63) is 83.9 Å². The molecule has 0 radical (unpaired) electrons. The molecule has 0 unspecified atom stereocenters. The van der Waals surface area contributed by atoms with Crippen LogP contribution in [-0.4, -0.2) is 96.5 Å². The maximum Gasteiger partial charge on any atom is 0.327 e. The molecule has 0 aliphatic rings. The molecule has 17 N–H and O–H groups in total. The van der Waals surface area contributed by atoms with Gasteiger partial charge >= 0.3 is 5.97 Å². The zero-order valence-corrected chi connectivity index (χ0v) is 30.5. The zero-order valence-electron chi connectivity index (χ0n) is 30.5. The summed E-state index contributed by atoms with van der Waals surface area (Å²) >= 11 is 0. The number of carbonyl (C=O) groups excluding carboxylic acids is 4. The first kappa shape index (κ1) is 43.1. The number of aliphatic carboxylic acids is 1.